The SMILES string of the molecule is CC(=O)C1(C)/C=C2/C=C\C=C/C(C)(C)\C=C2\C=C/C=C\1C. The fourth-order valence-corrected chi connectivity index (χ4v) is 2.64. The van der Waals surface area contributed by atoms with Crippen molar-refractivity contribution in [3.8, 4) is 0 Å². The lowest BCUT2D eigenvalue weighted by atomic mass is 9.75. The lowest BCUT2D eigenvalue weighted by Crippen LogP contribution is -2.25. The van der Waals surface area contributed by atoms with Gasteiger partial charge in [0.1, 0.15) is 5.78 Å². The summed E-state index contributed by atoms with van der Waals surface area (Å²) in [7, 11) is 0. The summed E-state index contributed by atoms with van der Waals surface area (Å²) in [6.45, 7) is 10.1. The van der Waals surface area contributed by atoms with E-state index in [1.165, 1.54) is 0 Å². The molecule has 0 spiro atoms. The van der Waals surface area contributed by atoms with Crippen LogP contribution in [0.25, 0.3) is 0 Å². The minimum atomic E-state index is -0.545. The number of hydrogen-bond acceptors (Lipinski definition) is 1. The molecule has 0 bridgehead atoms. The second-order valence-electron chi connectivity index (χ2n) is 6.71. The van der Waals surface area contributed by atoms with E-state index >= 15 is 0 Å². The van der Waals surface area contributed by atoms with Gasteiger partial charge in [0.2, 0.25) is 0 Å². The molecule has 1 nitrogen and oxygen atoms in total. The van der Waals surface area contributed by atoms with E-state index in [0.717, 1.165) is 16.7 Å². The van der Waals surface area contributed by atoms with Gasteiger partial charge < -0.3 is 0 Å². The Morgan fingerprint density at radius 1 is 0.952 bits per heavy atom. The molecule has 0 radical (unpaired) electrons. The van der Waals surface area contributed by atoms with Gasteiger partial charge in [0.15, 0.2) is 0 Å². The van der Waals surface area contributed by atoms with Crippen molar-refractivity contribution >= 4 is 5.78 Å². The summed E-state index contributed by atoms with van der Waals surface area (Å²) in [6, 6.07) is 0. The highest BCUT2D eigenvalue weighted by Crippen LogP contribution is 2.36. The zero-order valence-corrected chi connectivity index (χ0v) is 13.6. The molecule has 0 aromatic rings. The number of fused-ring (bicyclic) bond motifs is 1. The maximum absolute atomic E-state index is 12.2. The van der Waals surface area contributed by atoms with Gasteiger partial charge in [-0.2, -0.15) is 0 Å². The normalized spacial score (nSPS) is 39.4. The molecule has 2 aliphatic carbocycles. The molecule has 0 heterocycles. The Bertz CT molecular complexity index is 633. The van der Waals surface area contributed by atoms with Crippen LogP contribution in [0.5, 0.6) is 0 Å². The first-order chi connectivity index (χ1) is 9.74. The quantitative estimate of drug-likeness (QED) is 0.653. The van der Waals surface area contributed by atoms with Crippen LogP contribution < -0.4 is 0 Å². The van der Waals surface area contributed by atoms with Gasteiger partial charge >= 0.3 is 0 Å². The number of hydrogen-bond donors (Lipinski definition) is 0. The van der Waals surface area contributed by atoms with Crippen molar-refractivity contribution in [1.29, 1.82) is 0 Å². The molecule has 0 N–H and O–H groups in total. The van der Waals surface area contributed by atoms with Gasteiger partial charge in [-0.1, -0.05) is 74.1 Å². The van der Waals surface area contributed by atoms with Crippen molar-refractivity contribution in [2.24, 2.45) is 10.8 Å². The molecule has 0 saturated carbocycles. The van der Waals surface area contributed by atoms with Crippen LogP contribution in [0.3, 0.4) is 0 Å². The van der Waals surface area contributed by atoms with Crippen molar-refractivity contribution in [3.63, 3.8) is 0 Å². The Labute approximate surface area is 128 Å². The monoisotopic (exact) mass is 280 g/mol. The Balaban J connectivity index is 2.69. The summed E-state index contributed by atoms with van der Waals surface area (Å²) in [6.07, 6.45) is 19.0. The first-order valence-electron chi connectivity index (χ1n) is 7.43. The van der Waals surface area contributed by atoms with Crippen LogP contribution >= 0.6 is 0 Å². The molecule has 1 heteroatoms. The fraction of sp³-hybridized carbons (Fsp3) is 0.350. The van der Waals surface area contributed by atoms with E-state index in [1.807, 2.05) is 26.0 Å². The summed E-state index contributed by atoms with van der Waals surface area (Å²) < 4.78 is 0. The van der Waals surface area contributed by atoms with Crippen molar-refractivity contribution in [3.05, 3.63) is 71.4 Å². The van der Waals surface area contributed by atoms with E-state index in [1.54, 1.807) is 6.92 Å². The predicted molar refractivity (Wildman–Crippen MR) is 89.9 cm³/mol. The number of ketones is 1. The van der Waals surface area contributed by atoms with E-state index in [2.05, 4.69) is 56.4 Å². The molecule has 2 rings (SSSR count). The second-order valence-corrected chi connectivity index (χ2v) is 6.71. The fourth-order valence-electron chi connectivity index (χ4n) is 2.64. The molecule has 21 heavy (non-hydrogen) atoms. The highest BCUT2D eigenvalue weighted by molar-refractivity contribution is 5.88. The van der Waals surface area contributed by atoms with E-state index < -0.39 is 5.41 Å². The molecule has 1 unspecified atom stereocenters. The summed E-state index contributed by atoms with van der Waals surface area (Å²) in [5, 5.41) is 0. The third-order valence-corrected chi connectivity index (χ3v) is 4.39. The average molecular weight is 280 g/mol. The molecule has 0 aromatic carbocycles. The number of carbonyl (C=O) groups is 1. The number of rotatable bonds is 1. The van der Waals surface area contributed by atoms with E-state index in [0.29, 0.717) is 0 Å². The van der Waals surface area contributed by atoms with Crippen LogP contribution in [0, 0.1) is 10.8 Å². The molecular formula is C20H24O. The van der Waals surface area contributed by atoms with E-state index in [4.69, 9.17) is 0 Å². The van der Waals surface area contributed by atoms with Crippen molar-refractivity contribution in [2.75, 3.05) is 0 Å². The number of Topliss-reactive ketones (excluding diaryl/α,β-unsaturated/α-hetero) is 1. The number of allylic oxidation sites excluding steroid dienone is 12. The van der Waals surface area contributed by atoms with Gasteiger partial charge in [-0.3, -0.25) is 4.79 Å². The van der Waals surface area contributed by atoms with Crippen LogP contribution in [-0.2, 0) is 4.79 Å². The van der Waals surface area contributed by atoms with Gasteiger partial charge in [-0.25, -0.2) is 0 Å². The van der Waals surface area contributed by atoms with Gasteiger partial charge in [-0.05, 0) is 31.9 Å². The molecule has 0 aliphatic heterocycles. The Morgan fingerprint density at radius 2 is 1.57 bits per heavy atom. The Hall–Kier alpha value is -1.89. The zero-order chi connectivity index (χ0) is 15.7. The van der Waals surface area contributed by atoms with E-state index in [-0.39, 0.29) is 11.2 Å². The maximum atomic E-state index is 12.2. The highest BCUT2D eigenvalue weighted by atomic mass is 16.1. The standard InChI is InChI=1S/C20H24O/c1-15-9-8-11-17-13-19(3,4)12-7-6-10-18(17)14-20(15,5)16(2)21/h6-14H,1-5H3/b10-6-,11-8-,12-7-,15-9-,17-13-,18-14-. The van der Waals surface area contributed by atoms with Crippen LogP contribution in [-0.4, -0.2) is 5.78 Å². The second kappa shape index (κ2) is 5.48. The molecule has 0 aromatic heterocycles. The first kappa shape index (κ1) is 15.5. The van der Waals surface area contributed by atoms with E-state index in [9.17, 15) is 4.79 Å². The third-order valence-electron chi connectivity index (χ3n) is 4.39. The van der Waals surface area contributed by atoms with Gasteiger partial charge in [0.05, 0.1) is 5.41 Å². The molecule has 0 amide bonds. The van der Waals surface area contributed by atoms with Crippen LogP contribution in [0.2, 0.25) is 0 Å². The maximum Gasteiger partial charge on any atom is 0.143 e. The summed E-state index contributed by atoms with van der Waals surface area (Å²) in [5.41, 5.74) is 2.79. The molecule has 110 valence electrons. The van der Waals surface area contributed by atoms with Gasteiger partial charge in [-0.15, -0.1) is 0 Å². The molecule has 0 saturated heterocycles. The minimum Gasteiger partial charge on any atom is -0.299 e. The molecule has 0 fully saturated rings. The topological polar surface area (TPSA) is 17.1 Å². The number of carbonyl (C=O) groups excluding carboxylic acids is 1. The van der Waals surface area contributed by atoms with Crippen molar-refractivity contribution in [2.45, 2.75) is 34.6 Å². The van der Waals surface area contributed by atoms with Crippen LogP contribution in [0.15, 0.2) is 71.4 Å². The van der Waals surface area contributed by atoms with Crippen molar-refractivity contribution < 1.29 is 4.79 Å². The minimum absolute atomic E-state index is 0.00585. The Morgan fingerprint density at radius 3 is 2.24 bits per heavy atom. The largest absolute Gasteiger partial charge is 0.299 e. The van der Waals surface area contributed by atoms with Gasteiger partial charge in [0, 0.05) is 5.41 Å². The lowest BCUT2D eigenvalue weighted by Gasteiger charge is -2.28. The zero-order valence-electron chi connectivity index (χ0n) is 13.6. The predicted octanol–water partition coefficient (Wildman–Crippen LogP) is 5.10. The molecule has 1 atom stereocenters. The summed E-state index contributed by atoms with van der Waals surface area (Å²) in [4.78, 5) is 12.2. The van der Waals surface area contributed by atoms with Crippen molar-refractivity contribution in [1.82, 2.24) is 0 Å². The van der Waals surface area contributed by atoms with Crippen LogP contribution in [0.1, 0.15) is 34.6 Å². The first-order valence-corrected chi connectivity index (χ1v) is 7.43. The van der Waals surface area contributed by atoms with Crippen LogP contribution in [0.4, 0.5) is 0 Å². The highest BCUT2D eigenvalue weighted by Gasteiger charge is 2.30. The summed E-state index contributed by atoms with van der Waals surface area (Å²) >= 11 is 0. The molecule has 2 aliphatic rings. The average Bonchev–Trinajstić information content (AvgIpc) is 2.37. The van der Waals surface area contributed by atoms with Gasteiger partial charge in [0.25, 0.3) is 0 Å². The Kier molecular flexibility index (Phi) is 4.04. The molecular weight excluding hydrogens is 256 g/mol. The smallest absolute Gasteiger partial charge is 0.143 e. The third kappa shape index (κ3) is 3.24. The lowest BCUT2D eigenvalue weighted by molar-refractivity contribution is -0.122. The summed E-state index contributed by atoms with van der Waals surface area (Å²) in [5.74, 6) is 0.170.